The van der Waals surface area contributed by atoms with Crippen LogP contribution in [0.3, 0.4) is 0 Å². The molecule has 0 aromatic heterocycles. The molecule has 0 saturated carbocycles. The van der Waals surface area contributed by atoms with Crippen LogP contribution in [0.5, 0.6) is 0 Å². The maximum absolute atomic E-state index is 12.4. The van der Waals surface area contributed by atoms with Crippen LogP contribution >= 0.6 is 0 Å². The summed E-state index contributed by atoms with van der Waals surface area (Å²) in [5.41, 5.74) is 1.10. The lowest BCUT2D eigenvalue weighted by Crippen LogP contribution is -2.45. The Labute approximate surface area is 156 Å². The van der Waals surface area contributed by atoms with Crippen LogP contribution in [0.25, 0.3) is 0 Å². The molecule has 3 rings (SSSR count). The Morgan fingerprint density at radius 3 is 2.62 bits per heavy atom. The Morgan fingerprint density at radius 1 is 1.27 bits per heavy atom. The van der Waals surface area contributed by atoms with Crippen molar-refractivity contribution in [2.75, 3.05) is 13.6 Å². The van der Waals surface area contributed by atoms with Crippen molar-refractivity contribution < 1.29 is 4.79 Å². The number of benzene rings is 1. The summed E-state index contributed by atoms with van der Waals surface area (Å²) in [7, 11) is 2.24. The Balaban J connectivity index is 1.49. The summed E-state index contributed by atoms with van der Waals surface area (Å²) >= 11 is 0. The third kappa shape index (κ3) is 4.76. The van der Waals surface area contributed by atoms with Crippen LogP contribution in [0, 0.1) is 17.2 Å². The van der Waals surface area contributed by atoms with E-state index in [4.69, 9.17) is 5.26 Å². The largest absolute Gasteiger partial charge is 0.338 e. The Hall–Kier alpha value is -2.06. The SMILES string of the molecule is CN1[C@@H]2CC[C@H]1CC(CNC(=O)NC(CCCC#N)c1ccccc1)C2. The van der Waals surface area contributed by atoms with E-state index in [0.717, 1.165) is 24.9 Å². The first-order valence-corrected chi connectivity index (χ1v) is 9.85. The van der Waals surface area contributed by atoms with Crippen molar-refractivity contribution in [3.63, 3.8) is 0 Å². The number of piperidine rings is 1. The number of fused-ring (bicyclic) bond motifs is 2. The van der Waals surface area contributed by atoms with Crippen LogP contribution in [-0.4, -0.2) is 36.6 Å². The normalized spacial score (nSPS) is 26.1. The van der Waals surface area contributed by atoms with Crippen LogP contribution in [-0.2, 0) is 0 Å². The molecule has 2 heterocycles. The second-order valence-corrected chi connectivity index (χ2v) is 7.76. The Kier molecular flexibility index (Phi) is 6.51. The molecule has 5 heteroatoms. The molecule has 2 bridgehead atoms. The van der Waals surface area contributed by atoms with Crippen molar-refractivity contribution in [3.8, 4) is 6.07 Å². The molecule has 1 aromatic rings. The molecule has 0 spiro atoms. The maximum atomic E-state index is 12.4. The van der Waals surface area contributed by atoms with E-state index >= 15 is 0 Å². The molecule has 2 saturated heterocycles. The molecular formula is C21H30N4O. The van der Waals surface area contributed by atoms with E-state index in [2.05, 4.69) is 28.7 Å². The Morgan fingerprint density at radius 2 is 1.96 bits per heavy atom. The van der Waals surface area contributed by atoms with E-state index in [1.165, 1.54) is 25.7 Å². The number of urea groups is 1. The number of carbonyl (C=O) groups excluding carboxylic acids is 1. The average molecular weight is 354 g/mol. The van der Waals surface area contributed by atoms with Gasteiger partial charge in [0.25, 0.3) is 0 Å². The van der Waals surface area contributed by atoms with E-state index in [1.807, 2.05) is 30.3 Å². The van der Waals surface area contributed by atoms with Gasteiger partial charge in [-0.15, -0.1) is 0 Å². The zero-order valence-electron chi connectivity index (χ0n) is 15.7. The first-order valence-electron chi connectivity index (χ1n) is 9.85. The highest BCUT2D eigenvalue weighted by Gasteiger charge is 2.38. The van der Waals surface area contributed by atoms with E-state index in [9.17, 15) is 4.79 Å². The van der Waals surface area contributed by atoms with Crippen molar-refractivity contribution >= 4 is 6.03 Å². The molecule has 2 aliphatic heterocycles. The fourth-order valence-electron chi connectivity index (χ4n) is 4.53. The van der Waals surface area contributed by atoms with Gasteiger partial charge in [0.2, 0.25) is 0 Å². The van der Waals surface area contributed by atoms with Gasteiger partial charge in [0.05, 0.1) is 12.1 Å². The fourth-order valence-corrected chi connectivity index (χ4v) is 4.53. The molecule has 5 nitrogen and oxygen atoms in total. The minimum atomic E-state index is -0.0953. The number of amides is 2. The van der Waals surface area contributed by atoms with Crippen molar-refractivity contribution in [1.29, 1.82) is 5.26 Å². The lowest BCUT2D eigenvalue weighted by molar-refractivity contribution is 0.133. The Bertz CT molecular complexity index is 613. The maximum Gasteiger partial charge on any atom is 0.315 e. The summed E-state index contributed by atoms with van der Waals surface area (Å²) in [4.78, 5) is 15.0. The van der Waals surface area contributed by atoms with Gasteiger partial charge < -0.3 is 15.5 Å². The lowest BCUT2D eigenvalue weighted by Gasteiger charge is -2.36. The molecule has 4 atom stereocenters. The molecule has 2 amide bonds. The summed E-state index contributed by atoms with van der Waals surface area (Å²) in [6, 6.07) is 13.5. The molecule has 2 aliphatic rings. The van der Waals surface area contributed by atoms with E-state index < -0.39 is 0 Å². The second kappa shape index (κ2) is 9.05. The topological polar surface area (TPSA) is 68.2 Å². The van der Waals surface area contributed by atoms with Crippen LogP contribution in [0.2, 0.25) is 0 Å². The summed E-state index contributed by atoms with van der Waals surface area (Å²) in [5, 5.41) is 15.0. The summed E-state index contributed by atoms with van der Waals surface area (Å²) in [6.45, 7) is 0.756. The van der Waals surface area contributed by atoms with E-state index in [-0.39, 0.29) is 12.1 Å². The highest BCUT2D eigenvalue weighted by molar-refractivity contribution is 5.74. The first-order chi connectivity index (χ1) is 12.7. The minimum absolute atomic E-state index is 0.0433. The molecule has 0 aliphatic carbocycles. The molecule has 1 aromatic carbocycles. The number of nitrogens with one attached hydrogen (secondary N) is 2. The minimum Gasteiger partial charge on any atom is -0.338 e. The van der Waals surface area contributed by atoms with Gasteiger partial charge >= 0.3 is 6.03 Å². The number of hydrogen-bond donors (Lipinski definition) is 2. The monoisotopic (exact) mass is 354 g/mol. The van der Waals surface area contributed by atoms with Gasteiger partial charge in [0.15, 0.2) is 0 Å². The quantitative estimate of drug-likeness (QED) is 0.735. The van der Waals surface area contributed by atoms with Gasteiger partial charge in [-0.3, -0.25) is 0 Å². The van der Waals surface area contributed by atoms with Crippen molar-refractivity contribution in [3.05, 3.63) is 35.9 Å². The molecule has 140 valence electrons. The van der Waals surface area contributed by atoms with Crippen molar-refractivity contribution in [1.82, 2.24) is 15.5 Å². The molecule has 2 fully saturated rings. The third-order valence-electron chi connectivity index (χ3n) is 6.04. The van der Waals surface area contributed by atoms with Gasteiger partial charge in [-0.1, -0.05) is 30.3 Å². The predicted molar refractivity (Wildman–Crippen MR) is 102 cm³/mol. The van der Waals surface area contributed by atoms with Crippen molar-refractivity contribution in [2.45, 2.75) is 63.1 Å². The smallest absolute Gasteiger partial charge is 0.315 e. The number of nitrogens with zero attached hydrogens (tertiary/aromatic N) is 2. The number of unbranched alkanes of at least 4 members (excludes halogenated alkanes) is 1. The fraction of sp³-hybridized carbons (Fsp3) is 0.619. The molecule has 0 radical (unpaired) electrons. The first kappa shape index (κ1) is 18.7. The summed E-state index contributed by atoms with van der Waals surface area (Å²) in [5.74, 6) is 0.586. The second-order valence-electron chi connectivity index (χ2n) is 7.76. The molecule has 26 heavy (non-hydrogen) atoms. The van der Waals surface area contributed by atoms with Crippen LogP contribution < -0.4 is 10.6 Å². The zero-order valence-corrected chi connectivity index (χ0v) is 15.7. The van der Waals surface area contributed by atoms with Gasteiger partial charge in [-0.25, -0.2) is 4.79 Å². The van der Waals surface area contributed by atoms with Gasteiger partial charge in [-0.2, -0.15) is 5.26 Å². The average Bonchev–Trinajstić information content (AvgIpc) is 2.87. The number of hydrogen-bond acceptors (Lipinski definition) is 3. The zero-order chi connectivity index (χ0) is 18.4. The van der Waals surface area contributed by atoms with Crippen molar-refractivity contribution in [2.24, 2.45) is 5.92 Å². The van der Waals surface area contributed by atoms with E-state index in [1.54, 1.807) is 0 Å². The highest BCUT2D eigenvalue weighted by Crippen LogP contribution is 2.37. The standard InChI is InChI=1S/C21H30N4O/c1-25-18-10-11-19(25)14-16(13-18)15-23-21(26)24-20(9-5-6-12-22)17-7-3-2-4-8-17/h2-4,7-8,16,18-20H,5-6,9-11,13-15H2,1H3,(H2,23,24,26)/t16?,18-,19+,20?. The third-order valence-corrected chi connectivity index (χ3v) is 6.04. The van der Waals surface area contributed by atoms with E-state index in [0.29, 0.717) is 24.4 Å². The lowest BCUT2D eigenvalue weighted by atomic mass is 9.91. The molecule has 2 unspecified atom stereocenters. The van der Waals surface area contributed by atoms with Crippen LogP contribution in [0.1, 0.15) is 56.6 Å². The number of carbonyl (C=O) groups is 1. The van der Waals surface area contributed by atoms with Crippen LogP contribution in [0.15, 0.2) is 30.3 Å². The highest BCUT2D eigenvalue weighted by atomic mass is 16.2. The van der Waals surface area contributed by atoms with Crippen LogP contribution in [0.4, 0.5) is 4.79 Å². The molecular weight excluding hydrogens is 324 g/mol. The summed E-state index contributed by atoms with van der Waals surface area (Å²) in [6.07, 6.45) is 7.08. The van der Waals surface area contributed by atoms with Gasteiger partial charge in [0, 0.05) is 25.0 Å². The number of rotatable bonds is 7. The predicted octanol–water partition coefficient (Wildman–Crippen LogP) is 3.59. The molecule has 2 N–H and O–H groups in total. The number of nitriles is 1. The van der Waals surface area contributed by atoms with Gasteiger partial charge in [0.1, 0.15) is 0 Å². The summed E-state index contributed by atoms with van der Waals surface area (Å²) < 4.78 is 0. The van der Waals surface area contributed by atoms with Gasteiger partial charge in [-0.05, 0) is 57.1 Å².